The van der Waals surface area contributed by atoms with Gasteiger partial charge in [-0.25, -0.2) is 26.7 Å². The number of anilines is 1. The van der Waals surface area contributed by atoms with Crippen molar-refractivity contribution < 1.29 is 16.8 Å². The molecule has 4 N–H and O–H groups in total. The van der Waals surface area contributed by atoms with Gasteiger partial charge in [0.15, 0.2) is 0 Å². The molecule has 0 aromatic carbocycles. The number of primary sulfonamides is 1. The van der Waals surface area contributed by atoms with Crippen LogP contribution in [0.5, 0.6) is 0 Å². The van der Waals surface area contributed by atoms with Crippen LogP contribution in [0.15, 0.2) is 23.4 Å². The van der Waals surface area contributed by atoms with Gasteiger partial charge in [0.05, 0.1) is 11.4 Å². The molecule has 0 atom stereocenters. The fraction of sp³-hybridized carbons (Fsp3) is 0.500. The van der Waals surface area contributed by atoms with Crippen molar-refractivity contribution in [2.45, 2.75) is 18.2 Å². The third-order valence-corrected chi connectivity index (χ3v) is 4.58. The molecular formula is C10H18N4O4S2. The highest BCUT2D eigenvalue weighted by molar-refractivity contribution is 7.90. The van der Waals surface area contributed by atoms with E-state index in [9.17, 15) is 16.8 Å². The van der Waals surface area contributed by atoms with E-state index in [4.69, 9.17) is 5.14 Å². The Morgan fingerprint density at radius 2 is 1.95 bits per heavy atom. The van der Waals surface area contributed by atoms with Gasteiger partial charge in [-0.1, -0.05) is 6.92 Å². The molecule has 0 amide bonds. The first kappa shape index (κ1) is 16.8. The van der Waals surface area contributed by atoms with E-state index >= 15 is 0 Å². The summed E-state index contributed by atoms with van der Waals surface area (Å²) in [6.45, 7) is 2.28. The Balaban J connectivity index is 2.86. The van der Waals surface area contributed by atoms with Gasteiger partial charge >= 0.3 is 0 Å². The molecular weight excluding hydrogens is 304 g/mol. The van der Waals surface area contributed by atoms with Crippen LogP contribution in [-0.2, 0) is 20.0 Å². The number of pyridine rings is 1. The van der Waals surface area contributed by atoms with Crippen LogP contribution >= 0.6 is 0 Å². The number of sulfonamides is 2. The Morgan fingerprint density at radius 3 is 2.55 bits per heavy atom. The van der Waals surface area contributed by atoms with E-state index in [2.05, 4.69) is 15.0 Å². The van der Waals surface area contributed by atoms with Crippen molar-refractivity contribution in [2.24, 2.45) is 5.14 Å². The molecule has 1 aromatic heterocycles. The van der Waals surface area contributed by atoms with E-state index < -0.39 is 25.8 Å². The first-order valence-electron chi connectivity index (χ1n) is 5.94. The summed E-state index contributed by atoms with van der Waals surface area (Å²) in [5, 5.41) is 7.79. The monoisotopic (exact) mass is 322 g/mol. The van der Waals surface area contributed by atoms with Crippen LogP contribution in [0.2, 0.25) is 0 Å². The van der Waals surface area contributed by atoms with Crippen molar-refractivity contribution in [3.05, 3.63) is 18.5 Å². The van der Waals surface area contributed by atoms with Gasteiger partial charge < -0.3 is 5.32 Å². The van der Waals surface area contributed by atoms with E-state index in [1.54, 1.807) is 6.07 Å². The molecule has 0 unspecified atom stereocenters. The highest BCUT2D eigenvalue weighted by Gasteiger charge is 2.19. The van der Waals surface area contributed by atoms with Gasteiger partial charge in [0.1, 0.15) is 4.90 Å². The Hall–Kier alpha value is -1.23. The van der Waals surface area contributed by atoms with Crippen molar-refractivity contribution >= 4 is 25.7 Å². The number of nitrogens with zero attached hydrogens (tertiary/aromatic N) is 1. The molecule has 0 saturated heterocycles. The second-order valence-corrected chi connectivity index (χ2v) is 7.53. The molecule has 8 nitrogen and oxygen atoms in total. The van der Waals surface area contributed by atoms with Crippen LogP contribution in [0, 0.1) is 0 Å². The van der Waals surface area contributed by atoms with Gasteiger partial charge in [-0.15, -0.1) is 0 Å². The fourth-order valence-electron chi connectivity index (χ4n) is 1.40. The number of nitrogens with one attached hydrogen (secondary N) is 2. The molecule has 20 heavy (non-hydrogen) atoms. The zero-order valence-electron chi connectivity index (χ0n) is 11.0. The lowest BCUT2D eigenvalue weighted by Gasteiger charge is -2.12. The molecule has 0 saturated carbocycles. The fourth-order valence-corrected chi connectivity index (χ4v) is 3.07. The van der Waals surface area contributed by atoms with E-state index in [-0.39, 0.29) is 11.4 Å². The predicted octanol–water partition coefficient (Wildman–Crippen LogP) is -0.530. The number of rotatable bonds is 8. The van der Waals surface area contributed by atoms with Crippen molar-refractivity contribution in [3.8, 4) is 0 Å². The molecule has 1 heterocycles. The van der Waals surface area contributed by atoms with E-state index in [0.717, 1.165) is 6.42 Å². The zero-order chi connectivity index (χ0) is 15.2. The maximum atomic E-state index is 12.1. The molecule has 0 aliphatic heterocycles. The first-order chi connectivity index (χ1) is 9.26. The van der Waals surface area contributed by atoms with E-state index in [1.807, 2.05) is 6.92 Å². The summed E-state index contributed by atoms with van der Waals surface area (Å²) in [4.78, 5) is 3.75. The second-order valence-electron chi connectivity index (χ2n) is 4.06. The van der Waals surface area contributed by atoms with Gasteiger partial charge in [-0.3, -0.25) is 4.98 Å². The average Bonchev–Trinajstić information content (AvgIpc) is 2.34. The summed E-state index contributed by atoms with van der Waals surface area (Å²) in [6.07, 6.45) is 3.51. The standard InChI is InChI=1S/C10H18N4O4S2/c1-2-4-13-9-3-5-12-8-10(9)20(17,18)14-6-7-19(11,15)16/h3,5,8,14H,2,4,6-7H2,1H3,(H,12,13)(H2,11,15,16). The smallest absolute Gasteiger partial charge is 0.244 e. The summed E-state index contributed by atoms with van der Waals surface area (Å²) in [6, 6.07) is 1.55. The van der Waals surface area contributed by atoms with E-state index in [1.165, 1.54) is 12.4 Å². The quantitative estimate of drug-likeness (QED) is 0.589. The van der Waals surface area contributed by atoms with Crippen LogP contribution < -0.4 is 15.2 Å². The molecule has 1 rings (SSSR count). The number of aromatic nitrogens is 1. The molecule has 0 radical (unpaired) electrons. The Labute approximate surface area is 118 Å². The Kier molecular flexibility index (Phi) is 5.87. The van der Waals surface area contributed by atoms with Crippen LogP contribution in [0.25, 0.3) is 0 Å². The van der Waals surface area contributed by atoms with E-state index in [0.29, 0.717) is 12.2 Å². The van der Waals surface area contributed by atoms with Gasteiger partial charge in [-0.2, -0.15) is 0 Å². The van der Waals surface area contributed by atoms with Crippen molar-refractivity contribution in [1.29, 1.82) is 0 Å². The Bertz CT molecular complexity index is 643. The van der Waals surface area contributed by atoms with Crippen molar-refractivity contribution in [2.75, 3.05) is 24.2 Å². The van der Waals surface area contributed by atoms with Crippen LogP contribution in [0.4, 0.5) is 5.69 Å². The predicted molar refractivity (Wildman–Crippen MR) is 76.2 cm³/mol. The third-order valence-electron chi connectivity index (χ3n) is 2.32. The molecule has 0 fully saturated rings. The summed E-state index contributed by atoms with van der Waals surface area (Å²) >= 11 is 0. The lowest BCUT2D eigenvalue weighted by Crippen LogP contribution is -2.32. The minimum absolute atomic E-state index is 0.0251. The molecule has 1 aromatic rings. The highest BCUT2D eigenvalue weighted by atomic mass is 32.2. The average molecular weight is 322 g/mol. The number of nitrogens with two attached hydrogens (primary N) is 1. The van der Waals surface area contributed by atoms with Crippen molar-refractivity contribution in [3.63, 3.8) is 0 Å². The zero-order valence-corrected chi connectivity index (χ0v) is 12.7. The molecule has 114 valence electrons. The van der Waals surface area contributed by atoms with Gasteiger partial charge in [0.2, 0.25) is 20.0 Å². The Morgan fingerprint density at radius 1 is 1.25 bits per heavy atom. The molecule has 0 aliphatic rings. The minimum Gasteiger partial charge on any atom is -0.384 e. The van der Waals surface area contributed by atoms with Gasteiger partial charge in [0, 0.05) is 25.5 Å². The molecule has 10 heteroatoms. The lowest BCUT2D eigenvalue weighted by atomic mass is 10.4. The number of hydrogen-bond donors (Lipinski definition) is 3. The van der Waals surface area contributed by atoms with Gasteiger partial charge in [-0.05, 0) is 12.5 Å². The van der Waals surface area contributed by atoms with Crippen LogP contribution in [0.3, 0.4) is 0 Å². The van der Waals surface area contributed by atoms with Crippen LogP contribution in [-0.4, -0.2) is 40.7 Å². The molecule has 0 aliphatic carbocycles. The lowest BCUT2D eigenvalue weighted by molar-refractivity contribution is 0.581. The largest absolute Gasteiger partial charge is 0.384 e. The topological polar surface area (TPSA) is 131 Å². The first-order valence-corrected chi connectivity index (χ1v) is 9.14. The maximum absolute atomic E-state index is 12.1. The van der Waals surface area contributed by atoms with Crippen molar-refractivity contribution in [1.82, 2.24) is 9.71 Å². The van der Waals surface area contributed by atoms with Gasteiger partial charge in [0.25, 0.3) is 0 Å². The summed E-state index contributed by atoms with van der Waals surface area (Å²) < 4.78 is 47.9. The molecule has 0 bridgehead atoms. The van der Waals surface area contributed by atoms with Crippen LogP contribution in [0.1, 0.15) is 13.3 Å². The SMILES string of the molecule is CCCNc1ccncc1S(=O)(=O)NCCS(N)(=O)=O. The number of hydrogen-bond acceptors (Lipinski definition) is 6. The maximum Gasteiger partial charge on any atom is 0.244 e. The molecule has 0 spiro atoms. The second kappa shape index (κ2) is 6.97. The summed E-state index contributed by atoms with van der Waals surface area (Å²) in [5.74, 6) is -0.468. The minimum atomic E-state index is -3.84. The normalized spacial score (nSPS) is 12.3. The third kappa shape index (κ3) is 5.41. The summed E-state index contributed by atoms with van der Waals surface area (Å²) in [5.41, 5.74) is 0.421. The summed E-state index contributed by atoms with van der Waals surface area (Å²) in [7, 11) is -7.55. The highest BCUT2D eigenvalue weighted by Crippen LogP contribution is 2.19.